The van der Waals surface area contributed by atoms with Gasteiger partial charge in [0.2, 0.25) is 0 Å². The van der Waals surface area contributed by atoms with Crippen molar-refractivity contribution < 1.29 is 14.3 Å². The maximum absolute atomic E-state index is 13.0. The minimum absolute atomic E-state index is 0.0428. The lowest BCUT2D eigenvalue weighted by Crippen LogP contribution is -1.99. The van der Waals surface area contributed by atoms with Gasteiger partial charge in [0.1, 0.15) is 11.5 Å². The second-order valence-electron chi connectivity index (χ2n) is 4.39. The molecule has 0 fully saturated rings. The molecular weight excluding hydrogens is 273 g/mol. The van der Waals surface area contributed by atoms with E-state index in [4.69, 9.17) is 5.11 Å². The molecule has 0 aliphatic rings. The molecule has 0 aliphatic carbocycles. The van der Waals surface area contributed by atoms with Crippen molar-refractivity contribution in [1.29, 1.82) is 0 Å². The molecule has 0 radical (unpaired) electrons. The summed E-state index contributed by atoms with van der Waals surface area (Å²) in [5.41, 5.74) is 2.72. The van der Waals surface area contributed by atoms with Crippen molar-refractivity contribution in [2.24, 2.45) is 0 Å². The Balaban J connectivity index is 2.08. The average Bonchev–Trinajstić information content (AvgIpc) is 2.97. The number of aromatic nitrogens is 3. The van der Waals surface area contributed by atoms with Crippen LogP contribution in [0, 0.1) is 5.82 Å². The van der Waals surface area contributed by atoms with E-state index < -0.39 is 5.97 Å². The van der Waals surface area contributed by atoms with Crippen LogP contribution in [-0.4, -0.2) is 26.3 Å². The first-order chi connectivity index (χ1) is 10.1. The number of carboxylic acids is 1. The number of pyridine rings is 1. The monoisotopic (exact) mass is 283 g/mol. The minimum Gasteiger partial charge on any atom is -0.477 e. The Labute approximate surface area is 119 Å². The third-order valence-electron chi connectivity index (χ3n) is 3.05. The third-order valence-corrected chi connectivity index (χ3v) is 3.05. The van der Waals surface area contributed by atoms with Crippen LogP contribution in [0.1, 0.15) is 10.5 Å². The summed E-state index contributed by atoms with van der Waals surface area (Å²) in [5, 5.41) is 15.9. The molecule has 0 saturated carbocycles. The fourth-order valence-electron chi connectivity index (χ4n) is 2.05. The van der Waals surface area contributed by atoms with Crippen LogP contribution in [0.25, 0.3) is 22.4 Å². The molecule has 5 nitrogen and oxygen atoms in total. The van der Waals surface area contributed by atoms with Crippen molar-refractivity contribution in [3.05, 3.63) is 60.3 Å². The highest BCUT2D eigenvalue weighted by atomic mass is 19.1. The Kier molecular flexibility index (Phi) is 3.19. The molecule has 104 valence electrons. The number of H-pyrrole nitrogens is 1. The molecular formula is C15H10FN3O2. The molecule has 0 amide bonds. The molecule has 0 spiro atoms. The van der Waals surface area contributed by atoms with Gasteiger partial charge in [0.25, 0.3) is 0 Å². The summed E-state index contributed by atoms with van der Waals surface area (Å²) in [6.07, 6.45) is 3.10. The largest absolute Gasteiger partial charge is 0.477 e. The average molecular weight is 283 g/mol. The summed E-state index contributed by atoms with van der Waals surface area (Å²) in [6.45, 7) is 0. The summed E-state index contributed by atoms with van der Waals surface area (Å²) in [6, 6.07) is 9.11. The maximum Gasteiger partial charge on any atom is 0.354 e. The van der Waals surface area contributed by atoms with E-state index in [1.807, 2.05) is 0 Å². The van der Waals surface area contributed by atoms with Crippen LogP contribution in [0.2, 0.25) is 0 Å². The van der Waals surface area contributed by atoms with Crippen molar-refractivity contribution in [2.45, 2.75) is 0 Å². The molecule has 2 aromatic heterocycles. The van der Waals surface area contributed by atoms with Crippen LogP contribution in [-0.2, 0) is 0 Å². The second kappa shape index (κ2) is 5.16. The molecule has 3 aromatic rings. The number of nitrogens with one attached hydrogen (secondary N) is 1. The maximum atomic E-state index is 13.0. The topological polar surface area (TPSA) is 78.9 Å². The fourth-order valence-corrected chi connectivity index (χ4v) is 2.05. The third kappa shape index (κ3) is 2.51. The van der Waals surface area contributed by atoms with Crippen LogP contribution in [0.5, 0.6) is 0 Å². The van der Waals surface area contributed by atoms with Gasteiger partial charge in [-0.25, -0.2) is 14.2 Å². The molecule has 2 N–H and O–H groups in total. The van der Waals surface area contributed by atoms with Crippen molar-refractivity contribution in [2.75, 3.05) is 0 Å². The molecule has 2 heterocycles. The first kappa shape index (κ1) is 13.0. The number of aromatic carboxylic acids is 1. The zero-order valence-electron chi connectivity index (χ0n) is 10.7. The number of hydrogen-bond acceptors (Lipinski definition) is 3. The van der Waals surface area contributed by atoms with E-state index in [0.717, 1.165) is 11.1 Å². The van der Waals surface area contributed by atoms with E-state index in [1.165, 1.54) is 24.4 Å². The van der Waals surface area contributed by atoms with Crippen LogP contribution in [0.15, 0.2) is 48.8 Å². The van der Waals surface area contributed by atoms with Crippen molar-refractivity contribution in [3.63, 3.8) is 0 Å². The van der Waals surface area contributed by atoms with Crippen molar-refractivity contribution in [1.82, 2.24) is 15.2 Å². The lowest BCUT2D eigenvalue weighted by atomic mass is 10.0. The molecule has 0 atom stereocenters. The number of benzene rings is 1. The highest BCUT2D eigenvalue weighted by molar-refractivity contribution is 5.88. The number of carbonyl (C=O) groups is 1. The summed E-state index contributed by atoms with van der Waals surface area (Å²) in [5.74, 6) is -1.42. The first-order valence-corrected chi connectivity index (χ1v) is 6.14. The summed E-state index contributed by atoms with van der Waals surface area (Å²) < 4.78 is 13.0. The standard InChI is InChI=1S/C15H10FN3O2/c16-11-3-1-9(2-4-11)14-12(8-18-19-14)10-5-6-17-13(7-10)15(20)21/h1-8H,(H,18,19)(H,20,21). The van der Waals surface area contributed by atoms with Gasteiger partial charge in [-0.15, -0.1) is 0 Å². The quantitative estimate of drug-likeness (QED) is 0.774. The molecule has 6 heteroatoms. The van der Waals surface area contributed by atoms with E-state index in [-0.39, 0.29) is 11.5 Å². The Bertz CT molecular complexity index is 797. The van der Waals surface area contributed by atoms with Gasteiger partial charge in [0, 0.05) is 23.5 Å². The molecule has 1 aromatic carbocycles. The normalized spacial score (nSPS) is 10.5. The highest BCUT2D eigenvalue weighted by Gasteiger charge is 2.13. The van der Waals surface area contributed by atoms with Crippen LogP contribution < -0.4 is 0 Å². The van der Waals surface area contributed by atoms with E-state index in [0.29, 0.717) is 11.3 Å². The van der Waals surface area contributed by atoms with Gasteiger partial charge in [-0.2, -0.15) is 5.10 Å². The van der Waals surface area contributed by atoms with Gasteiger partial charge in [-0.3, -0.25) is 5.10 Å². The van der Waals surface area contributed by atoms with Crippen LogP contribution in [0.3, 0.4) is 0 Å². The Morgan fingerprint density at radius 3 is 2.62 bits per heavy atom. The minimum atomic E-state index is -1.09. The zero-order chi connectivity index (χ0) is 14.8. The summed E-state index contributed by atoms with van der Waals surface area (Å²) in [4.78, 5) is 14.8. The summed E-state index contributed by atoms with van der Waals surface area (Å²) in [7, 11) is 0. The van der Waals surface area contributed by atoms with Crippen molar-refractivity contribution in [3.8, 4) is 22.4 Å². The molecule has 0 bridgehead atoms. The molecule has 0 saturated heterocycles. The number of aromatic amines is 1. The van der Waals surface area contributed by atoms with Gasteiger partial charge < -0.3 is 5.11 Å². The molecule has 21 heavy (non-hydrogen) atoms. The SMILES string of the molecule is O=C(O)c1cc(-c2c[nH]nc2-c2ccc(F)cc2)ccn1. The highest BCUT2D eigenvalue weighted by Crippen LogP contribution is 2.30. The first-order valence-electron chi connectivity index (χ1n) is 6.14. The van der Waals surface area contributed by atoms with Gasteiger partial charge in [-0.1, -0.05) is 0 Å². The molecule has 0 unspecified atom stereocenters. The Morgan fingerprint density at radius 2 is 1.90 bits per heavy atom. The van der Waals surface area contributed by atoms with Gasteiger partial charge in [0.05, 0.1) is 5.69 Å². The van der Waals surface area contributed by atoms with Gasteiger partial charge >= 0.3 is 5.97 Å². The van der Waals surface area contributed by atoms with Crippen molar-refractivity contribution >= 4 is 5.97 Å². The van der Waals surface area contributed by atoms with Gasteiger partial charge in [0.15, 0.2) is 0 Å². The zero-order valence-corrected chi connectivity index (χ0v) is 10.7. The van der Waals surface area contributed by atoms with Gasteiger partial charge in [-0.05, 0) is 42.0 Å². The number of rotatable bonds is 3. The van der Waals surface area contributed by atoms with E-state index >= 15 is 0 Å². The molecule has 0 aliphatic heterocycles. The van der Waals surface area contributed by atoms with Crippen LogP contribution >= 0.6 is 0 Å². The summed E-state index contributed by atoms with van der Waals surface area (Å²) >= 11 is 0. The lowest BCUT2D eigenvalue weighted by Gasteiger charge is -2.04. The number of nitrogens with zero attached hydrogens (tertiary/aromatic N) is 2. The second-order valence-corrected chi connectivity index (χ2v) is 4.39. The van der Waals surface area contributed by atoms with E-state index in [2.05, 4.69) is 15.2 Å². The number of carboxylic acid groups (broad SMARTS) is 1. The van der Waals surface area contributed by atoms with E-state index in [1.54, 1.807) is 24.4 Å². The van der Waals surface area contributed by atoms with Crippen LogP contribution in [0.4, 0.5) is 4.39 Å². The predicted octanol–water partition coefficient (Wildman–Crippen LogP) is 2.98. The smallest absolute Gasteiger partial charge is 0.354 e. The fraction of sp³-hybridized carbons (Fsp3) is 0. The molecule has 3 rings (SSSR count). The Hall–Kier alpha value is -3.02. The predicted molar refractivity (Wildman–Crippen MR) is 74.2 cm³/mol. The van der Waals surface area contributed by atoms with E-state index in [9.17, 15) is 9.18 Å². The number of hydrogen-bond donors (Lipinski definition) is 2. The lowest BCUT2D eigenvalue weighted by molar-refractivity contribution is 0.0690. The number of halogens is 1. The Morgan fingerprint density at radius 1 is 1.14 bits per heavy atom.